The van der Waals surface area contributed by atoms with E-state index in [0.717, 1.165) is 0 Å². The molecule has 1 heteroatoms. The summed E-state index contributed by atoms with van der Waals surface area (Å²) in [6, 6.07) is 45.8. The van der Waals surface area contributed by atoms with Crippen LogP contribution in [0, 0.1) is 0 Å². The van der Waals surface area contributed by atoms with Crippen LogP contribution in [0.15, 0.2) is 127 Å². The number of hydrogen-bond acceptors (Lipinski definition) is 0. The van der Waals surface area contributed by atoms with E-state index >= 15 is 0 Å². The summed E-state index contributed by atoms with van der Waals surface area (Å²) in [7, 11) is 0. The summed E-state index contributed by atoms with van der Waals surface area (Å²) in [6.45, 7) is 2.35. The molecule has 0 bridgehead atoms. The van der Waals surface area contributed by atoms with E-state index in [1.54, 1.807) is 0 Å². The molecule has 0 saturated carbocycles. The van der Waals surface area contributed by atoms with Crippen LogP contribution in [-0.4, -0.2) is 4.98 Å². The zero-order valence-corrected chi connectivity index (χ0v) is 18.6. The second kappa shape index (κ2) is 7.79. The molecule has 1 aromatic heterocycles. The summed E-state index contributed by atoms with van der Waals surface area (Å²) in [6.07, 6.45) is 0. The number of hydrogen-bond donors (Lipinski definition) is 1. The van der Waals surface area contributed by atoms with Gasteiger partial charge in [-0.15, -0.1) is 0 Å². The third-order valence-corrected chi connectivity index (χ3v) is 6.99. The molecule has 33 heavy (non-hydrogen) atoms. The molecule has 158 valence electrons. The van der Waals surface area contributed by atoms with Gasteiger partial charge in [-0.3, -0.25) is 0 Å². The van der Waals surface area contributed by atoms with E-state index in [-0.39, 0.29) is 5.41 Å². The van der Waals surface area contributed by atoms with Crippen LogP contribution < -0.4 is 0 Å². The molecule has 0 amide bonds. The van der Waals surface area contributed by atoms with Crippen molar-refractivity contribution in [3.05, 3.63) is 144 Å². The quantitative estimate of drug-likeness (QED) is 0.274. The van der Waals surface area contributed by atoms with Gasteiger partial charge in [0.1, 0.15) is 0 Å². The fourth-order valence-corrected chi connectivity index (χ4v) is 5.21. The van der Waals surface area contributed by atoms with E-state index in [0.29, 0.717) is 0 Å². The highest BCUT2D eigenvalue weighted by Gasteiger charge is 2.33. The van der Waals surface area contributed by atoms with Gasteiger partial charge in [0.05, 0.1) is 0 Å². The van der Waals surface area contributed by atoms with Gasteiger partial charge in [0.2, 0.25) is 0 Å². The molecular formula is C32H25N. The lowest BCUT2D eigenvalue weighted by atomic mass is 9.69. The van der Waals surface area contributed by atoms with Crippen LogP contribution in [0.2, 0.25) is 0 Å². The van der Waals surface area contributed by atoms with E-state index in [9.17, 15) is 0 Å². The average molecular weight is 424 g/mol. The Morgan fingerprint density at radius 2 is 1.09 bits per heavy atom. The van der Waals surface area contributed by atoms with Gasteiger partial charge in [0.25, 0.3) is 0 Å². The van der Waals surface area contributed by atoms with Crippen LogP contribution in [0.25, 0.3) is 32.9 Å². The van der Waals surface area contributed by atoms with E-state index < -0.39 is 0 Å². The second-order valence-corrected chi connectivity index (χ2v) is 8.83. The van der Waals surface area contributed by atoms with Gasteiger partial charge >= 0.3 is 0 Å². The molecule has 0 saturated heterocycles. The van der Waals surface area contributed by atoms with Crippen molar-refractivity contribution < 1.29 is 0 Å². The summed E-state index contributed by atoms with van der Waals surface area (Å²) in [5.41, 5.74) is 8.43. The van der Waals surface area contributed by atoms with Crippen LogP contribution in [0.1, 0.15) is 23.6 Å². The predicted molar refractivity (Wildman–Crippen MR) is 140 cm³/mol. The van der Waals surface area contributed by atoms with Gasteiger partial charge in [0.15, 0.2) is 0 Å². The van der Waals surface area contributed by atoms with Crippen molar-refractivity contribution in [3.8, 4) is 11.1 Å². The molecule has 0 aliphatic carbocycles. The summed E-state index contributed by atoms with van der Waals surface area (Å²) in [5, 5.41) is 2.53. The smallest absolute Gasteiger partial charge is 0.0471 e. The number of benzene rings is 5. The van der Waals surface area contributed by atoms with Crippen molar-refractivity contribution >= 4 is 21.8 Å². The minimum atomic E-state index is -0.283. The number of aromatic nitrogens is 1. The average Bonchev–Trinajstić information content (AvgIpc) is 3.27. The van der Waals surface area contributed by atoms with E-state index in [4.69, 9.17) is 0 Å². The maximum atomic E-state index is 3.61. The van der Waals surface area contributed by atoms with Gasteiger partial charge in [-0.2, -0.15) is 0 Å². The molecule has 0 aliphatic heterocycles. The third kappa shape index (κ3) is 3.16. The Labute approximate surface area is 194 Å². The monoisotopic (exact) mass is 423 g/mol. The minimum Gasteiger partial charge on any atom is -0.354 e. The molecule has 5 aromatic carbocycles. The fourth-order valence-electron chi connectivity index (χ4n) is 5.21. The number of fused-ring (bicyclic) bond motifs is 3. The summed E-state index contributed by atoms with van der Waals surface area (Å²) < 4.78 is 0. The number of aromatic amines is 1. The van der Waals surface area contributed by atoms with Crippen LogP contribution in [-0.2, 0) is 5.41 Å². The lowest BCUT2D eigenvalue weighted by Crippen LogP contribution is -2.26. The number of rotatable bonds is 4. The summed E-state index contributed by atoms with van der Waals surface area (Å²) in [4.78, 5) is 3.61. The summed E-state index contributed by atoms with van der Waals surface area (Å²) >= 11 is 0. The zero-order chi connectivity index (χ0) is 22.3. The number of nitrogens with one attached hydrogen (secondary N) is 1. The van der Waals surface area contributed by atoms with Crippen LogP contribution in [0.3, 0.4) is 0 Å². The first kappa shape index (κ1) is 19.6. The Morgan fingerprint density at radius 1 is 0.515 bits per heavy atom. The van der Waals surface area contributed by atoms with Crippen molar-refractivity contribution in [3.63, 3.8) is 0 Å². The van der Waals surface area contributed by atoms with Gasteiger partial charge in [0, 0.05) is 27.2 Å². The lowest BCUT2D eigenvalue weighted by Gasteiger charge is -2.34. The molecular weight excluding hydrogens is 398 g/mol. The first-order valence-electron chi connectivity index (χ1n) is 11.5. The largest absolute Gasteiger partial charge is 0.354 e. The molecule has 1 heterocycles. The molecule has 1 nitrogen and oxygen atoms in total. The first-order chi connectivity index (χ1) is 16.2. The van der Waals surface area contributed by atoms with Crippen LogP contribution >= 0.6 is 0 Å². The predicted octanol–water partition coefficient (Wildman–Crippen LogP) is 8.34. The van der Waals surface area contributed by atoms with Crippen LogP contribution in [0.4, 0.5) is 0 Å². The van der Waals surface area contributed by atoms with Gasteiger partial charge in [-0.05, 0) is 46.9 Å². The Kier molecular flexibility index (Phi) is 4.62. The molecule has 6 aromatic rings. The highest BCUT2D eigenvalue weighted by molar-refractivity contribution is 6.08. The molecule has 0 fully saturated rings. The highest BCUT2D eigenvalue weighted by Crippen LogP contribution is 2.43. The minimum absolute atomic E-state index is 0.283. The van der Waals surface area contributed by atoms with Crippen LogP contribution in [0.5, 0.6) is 0 Å². The number of H-pyrrole nitrogens is 1. The molecule has 6 rings (SSSR count). The molecule has 0 spiro atoms. The van der Waals surface area contributed by atoms with Crippen molar-refractivity contribution in [1.29, 1.82) is 0 Å². The maximum Gasteiger partial charge on any atom is 0.0471 e. The first-order valence-corrected chi connectivity index (χ1v) is 11.5. The maximum absolute atomic E-state index is 3.61. The molecule has 1 N–H and O–H groups in total. The SMILES string of the molecule is CC(c1ccccc1)(c1ccccc1)c1ccccc1-c1ccc2c(c1)[nH]c1ccccc12. The molecule has 0 radical (unpaired) electrons. The molecule has 0 unspecified atom stereocenters. The van der Waals surface area contributed by atoms with Crippen molar-refractivity contribution in [1.82, 2.24) is 4.98 Å². The van der Waals surface area contributed by atoms with E-state index in [1.807, 2.05) is 0 Å². The van der Waals surface area contributed by atoms with E-state index in [2.05, 4.69) is 139 Å². The Bertz CT molecular complexity index is 1520. The standard InChI is InChI=1S/C32H25N/c1-32(24-12-4-2-5-13-24,25-14-6-3-7-15-25)29-18-10-8-16-26(29)23-20-21-28-27-17-9-11-19-30(27)33-31(28)22-23/h2-22,33H,1H3. The van der Waals surface area contributed by atoms with Crippen molar-refractivity contribution in [2.45, 2.75) is 12.3 Å². The number of para-hydroxylation sites is 1. The van der Waals surface area contributed by atoms with E-state index in [1.165, 1.54) is 49.6 Å². The molecule has 0 atom stereocenters. The normalized spacial score (nSPS) is 11.8. The van der Waals surface area contributed by atoms with Crippen molar-refractivity contribution in [2.24, 2.45) is 0 Å². The van der Waals surface area contributed by atoms with Gasteiger partial charge < -0.3 is 4.98 Å². The van der Waals surface area contributed by atoms with Gasteiger partial charge in [-0.25, -0.2) is 0 Å². The fraction of sp³-hybridized carbons (Fsp3) is 0.0625. The van der Waals surface area contributed by atoms with Crippen molar-refractivity contribution in [2.75, 3.05) is 0 Å². The Hall–Kier alpha value is -4.10. The topological polar surface area (TPSA) is 15.8 Å². The molecule has 0 aliphatic rings. The Balaban J connectivity index is 1.60. The summed E-state index contributed by atoms with van der Waals surface area (Å²) in [5.74, 6) is 0. The highest BCUT2D eigenvalue weighted by atomic mass is 14.7. The zero-order valence-electron chi connectivity index (χ0n) is 18.6. The second-order valence-electron chi connectivity index (χ2n) is 8.83. The lowest BCUT2D eigenvalue weighted by molar-refractivity contribution is 0.694. The Morgan fingerprint density at radius 3 is 1.82 bits per heavy atom. The third-order valence-electron chi connectivity index (χ3n) is 6.99. The van der Waals surface area contributed by atoms with Gasteiger partial charge in [-0.1, -0.05) is 115 Å².